The molecular weight excluding hydrogens is 404 g/mol. The van der Waals surface area contributed by atoms with Gasteiger partial charge in [-0.25, -0.2) is 0 Å². The fourth-order valence-corrected chi connectivity index (χ4v) is 4.02. The summed E-state index contributed by atoms with van der Waals surface area (Å²) in [4.78, 5) is 0. The van der Waals surface area contributed by atoms with Crippen LogP contribution in [0, 0.1) is 16.7 Å². The van der Waals surface area contributed by atoms with Gasteiger partial charge < -0.3 is 9.83 Å². The third-order valence-corrected chi connectivity index (χ3v) is 5.78. The first-order valence-electron chi connectivity index (χ1n) is 10.6. The van der Waals surface area contributed by atoms with Crippen molar-refractivity contribution in [1.82, 2.24) is 0 Å². The van der Waals surface area contributed by atoms with Gasteiger partial charge in [-0.2, -0.15) is 5.26 Å². The Morgan fingerprint density at radius 2 is 1.30 bits per heavy atom. The molecule has 0 aliphatic carbocycles. The van der Waals surface area contributed by atoms with Crippen LogP contribution in [0.15, 0.2) is 114 Å². The predicted octanol–water partition coefficient (Wildman–Crippen LogP) is 8.03. The van der Waals surface area contributed by atoms with Crippen molar-refractivity contribution in [1.29, 1.82) is 10.7 Å². The Labute approximate surface area is 192 Å². The van der Waals surface area contributed by atoms with Crippen LogP contribution in [-0.2, 0) is 0 Å². The molecule has 0 fully saturated rings. The minimum absolute atomic E-state index is 0.274. The Bertz CT molecular complexity index is 1580. The molecule has 0 amide bonds. The summed E-state index contributed by atoms with van der Waals surface area (Å²) < 4.78 is 6.08. The predicted molar refractivity (Wildman–Crippen MR) is 136 cm³/mol. The second-order valence-corrected chi connectivity index (χ2v) is 7.85. The molecule has 0 aliphatic rings. The molecule has 33 heavy (non-hydrogen) atoms. The van der Waals surface area contributed by atoms with Crippen molar-refractivity contribution in [3.05, 3.63) is 115 Å². The average Bonchev–Trinajstić information content (AvgIpc) is 3.25. The normalized spacial score (nSPS) is 11.4. The standard InChI is InChI=1S/C30H20N2O/c1-20(15-21(18-31)19-32)22-7-9-24(10-8-22)26-12-14-30-28(17-26)27-16-25(11-13-29(27)33-30)23-5-3-2-4-6-23/h2-18,31H,1H2/b21-15+,31-18?. The molecule has 1 aromatic heterocycles. The zero-order valence-electron chi connectivity index (χ0n) is 17.9. The summed E-state index contributed by atoms with van der Waals surface area (Å²) in [5.74, 6) is 0. The minimum Gasteiger partial charge on any atom is -0.456 e. The lowest BCUT2D eigenvalue weighted by molar-refractivity contribution is 0.669. The van der Waals surface area contributed by atoms with Gasteiger partial charge in [-0.3, -0.25) is 0 Å². The van der Waals surface area contributed by atoms with Crippen molar-refractivity contribution in [3.8, 4) is 28.3 Å². The molecule has 0 atom stereocenters. The van der Waals surface area contributed by atoms with Crippen LogP contribution in [0.5, 0.6) is 0 Å². The highest BCUT2D eigenvalue weighted by atomic mass is 16.3. The van der Waals surface area contributed by atoms with Crippen LogP contribution in [0.3, 0.4) is 0 Å². The first kappa shape index (κ1) is 20.2. The van der Waals surface area contributed by atoms with E-state index in [1.807, 2.05) is 60.7 Å². The highest BCUT2D eigenvalue weighted by Gasteiger charge is 2.10. The third-order valence-electron chi connectivity index (χ3n) is 5.78. The summed E-state index contributed by atoms with van der Waals surface area (Å²) >= 11 is 0. The molecule has 0 saturated carbocycles. The van der Waals surface area contributed by atoms with Gasteiger partial charge in [-0.1, -0.05) is 73.3 Å². The maximum Gasteiger partial charge on any atom is 0.135 e. The number of nitrogens with one attached hydrogen (secondary N) is 1. The molecule has 1 N–H and O–H groups in total. The molecule has 4 aromatic carbocycles. The van der Waals surface area contributed by atoms with Crippen LogP contribution < -0.4 is 0 Å². The van der Waals surface area contributed by atoms with E-state index in [-0.39, 0.29) is 5.57 Å². The molecule has 0 bridgehead atoms. The van der Waals surface area contributed by atoms with Crippen molar-refractivity contribution in [2.24, 2.45) is 0 Å². The first-order valence-corrected chi connectivity index (χ1v) is 10.6. The largest absolute Gasteiger partial charge is 0.456 e. The fourth-order valence-electron chi connectivity index (χ4n) is 4.02. The number of furan rings is 1. The summed E-state index contributed by atoms with van der Waals surface area (Å²) in [5, 5.41) is 18.5. The molecule has 1 heterocycles. The van der Waals surface area contributed by atoms with Gasteiger partial charge in [-0.15, -0.1) is 0 Å². The Morgan fingerprint density at radius 3 is 1.85 bits per heavy atom. The average molecular weight is 425 g/mol. The smallest absolute Gasteiger partial charge is 0.135 e. The number of nitriles is 1. The number of fused-ring (bicyclic) bond motifs is 3. The summed E-state index contributed by atoms with van der Waals surface area (Å²) in [5.41, 5.74) is 8.15. The molecular formula is C30H20N2O. The van der Waals surface area contributed by atoms with Gasteiger partial charge in [0.25, 0.3) is 0 Å². The quantitative estimate of drug-likeness (QED) is 0.176. The van der Waals surface area contributed by atoms with Crippen LogP contribution in [0.4, 0.5) is 0 Å². The Hall–Kier alpha value is -4.68. The molecule has 0 aliphatic heterocycles. The van der Waals surface area contributed by atoms with Gasteiger partial charge >= 0.3 is 0 Å². The van der Waals surface area contributed by atoms with E-state index in [4.69, 9.17) is 15.1 Å². The number of nitrogens with zero attached hydrogens (tertiary/aromatic N) is 1. The van der Waals surface area contributed by atoms with Gasteiger partial charge in [0.2, 0.25) is 0 Å². The molecule has 5 aromatic rings. The minimum atomic E-state index is 0.274. The van der Waals surface area contributed by atoms with Gasteiger partial charge in [-0.05, 0) is 63.7 Å². The molecule has 0 radical (unpaired) electrons. The SMILES string of the molecule is C=C(/C=C(/C#N)C=N)c1ccc(-c2ccc3oc4ccc(-c5ccccc5)cc4c3c2)cc1. The first-order chi connectivity index (χ1) is 16.2. The van der Waals surface area contributed by atoms with E-state index in [0.29, 0.717) is 5.57 Å². The van der Waals surface area contributed by atoms with E-state index >= 15 is 0 Å². The van der Waals surface area contributed by atoms with Gasteiger partial charge in [0.1, 0.15) is 17.2 Å². The third kappa shape index (κ3) is 3.86. The van der Waals surface area contributed by atoms with E-state index < -0.39 is 0 Å². The molecule has 156 valence electrons. The second-order valence-electron chi connectivity index (χ2n) is 7.85. The summed E-state index contributed by atoms with van der Waals surface area (Å²) in [6.45, 7) is 4.02. The molecule has 0 unspecified atom stereocenters. The zero-order valence-corrected chi connectivity index (χ0v) is 17.9. The van der Waals surface area contributed by atoms with Crippen LogP contribution in [-0.4, -0.2) is 6.21 Å². The van der Waals surface area contributed by atoms with Crippen molar-refractivity contribution < 1.29 is 4.42 Å². The van der Waals surface area contributed by atoms with E-state index in [0.717, 1.165) is 50.4 Å². The van der Waals surface area contributed by atoms with E-state index in [1.165, 1.54) is 5.56 Å². The van der Waals surface area contributed by atoms with E-state index in [9.17, 15) is 0 Å². The lowest BCUT2D eigenvalue weighted by Gasteiger charge is -2.06. The lowest BCUT2D eigenvalue weighted by Crippen LogP contribution is -1.85. The molecule has 0 spiro atoms. The van der Waals surface area contributed by atoms with Crippen molar-refractivity contribution in [2.75, 3.05) is 0 Å². The van der Waals surface area contributed by atoms with Crippen LogP contribution in [0.1, 0.15) is 5.56 Å². The highest BCUT2D eigenvalue weighted by Crippen LogP contribution is 2.35. The number of hydrogen-bond acceptors (Lipinski definition) is 3. The zero-order chi connectivity index (χ0) is 22.8. The summed E-state index contributed by atoms with van der Waals surface area (Å²) in [7, 11) is 0. The monoisotopic (exact) mass is 424 g/mol. The van der Waals surface area contributed by atoms with Gasteiger partial charge in [0.05, 0.1) is 5.57 Å². The Balaban J connectivity index is 1.53. The number of hydrogen-bond donors (Lipinski definition) is 1. The topological polar surface area (TPSA) is 60.8 Å². The summed E-state index contributed by atoms with van der Waals surface area (Å²) in [6, 6.07) is 33.0. The maximum atomic E-state index is 9.02. The number of allylic oxidation sites excluding steroid dienone is 3. The molecule has 3 heteroatoms. The molecule has 5 rings (SSSR count). The van der Waals surface area contributed by atoms with E-state index in [1.54, 1.807) is 6.08 Å². The fraction of sp³-hybridized carbons (Fsp3) is 0. The van der Waals surface area contributed by atoms with Gasteiger partial charge in [0.15, 0.2) is 0 Å². The molecule has 3 nitrogen and oxygen atoms in total. The number of rotatable bonds is 5. The number of benzene rings is 4. The highest BCUT2D eigenvalue weighted by molar-refractivity contribution is 6.07. The maximum absolute atomic E-state index is 9.02. The van der Waals surface area contributed by atoms with E-state index in [2.05, 4.69) is 43.0 Å². The molecule has 0 saturated heterocycles. The van der Waals surface area contributed by atoms with Gasteiger partial charge in [0, 0.05) is 17.0 Å². The Kier molecular flexibility index (Phi) is 5.18. The van der Waals surface area contributed by atoms with Crippen molar-refractivity contribution in [3.63, 3.8) is 0 Å². The second kappa shape index (κ2) is 8.45. The Morgan fingerprint density at radius 1 is 0.758 bits per heavy atom. The van der Waals surface area contributed by atoms with Crippen LogP contribution in [0.2, 0.25) is 0 Å². The summed E-state index contributed by atoms with van der Waals surface area (Å²) in [6.07, 6.45) is 2.66. The van der Waals surface area contributed by atoms with Crippen LogP contribution in [0.25, 0.3) is 49.8 Å². The van der Waals surface area contributed by atoms with Crippen LogP contribution >= 0.6 is 0 Å². The van der Waals surface area contributed by atoms with Crippen molar-refractivity contribution in [2.45, 2.75) is 0 Å². The van der Waals surface area contributed by atoms with Crippen molar-refractivity contribution >= 4 is 33.7 Å². The lowest BCUT2D eigenvalue weighted by atomic mass is 9.98.